The normalized spacial score (nSPS) is 15.2. The second kappa shape index (κ2) is 25.7. The third kappa shape index (κ3) is 27.8. The zero-order valence-electron chi connectivity index (χ0n) is 27.2. The molecule has 0 radical (unpaired) electrons. The summed E-state index contributed by atoms with van der Waals surface area (Å²) in [6, 6.07) is -0.875. The Kier molecular flexibility index (Phi) is 25.2. The number of allylic oxidation sites excluding steroid dienone is 1. The Labute approximate surface area is 252 Å². The summed E-state index contributed by atoms with van der Waals surface area (Å²) in [5, 5.41) is 13.6. The molecule has 0 aromatic rings. The lowest BCUT2D eigenvalue weighted by molar-refractivity contribution is -0.870. The summed E-state index contributed by atoms with van der Waals surface area (Å²) in [6.07, 6.45) is 24.0. The van der Waals surface area contributed by atoms with Crippen LogP contribution in [0.2, 0.25) is 0 Å². The van der Waals surface area contributed by atoms with Gasteiger partial charge in [-0.05, 0) is 19.3 Å². The molecule has 41 heavy (non-hydrogen) atoms. The number of aliphatic hydroxyl groups excluding tert-OH is 1. The van der Waals surface area contributed by atoms with Crippen molar-refractivity contribution in [3.8, 4) is 0 Å². The quantitative estimate of drug-likeness (QED) is 0.0410. The zero-order valence-corrected chi connectivity index (χ0v) is 28.1. The summed E-state index contributed by atoms with van der Waals surface area (Å²) < 4.78 is 22.9. The highest BCUT2D eigenvalue weighted by molar-refractivity contribution is 7.45. The van der Waals surface area contributed by atoms with E-state index in [9.17, 15) is 19.4 Å². The van der Waals surface area contributed by atoms with Gasteiger partial charge in [0.05, 0.1) is 39.9 Å². The second-order valence-electron chi connectivity index (χ2n) is 12.5. The minimum absolute atomic E-state index is 0.000960. The van der Waals surface area contributed by atoms with Crippen LogP contribution in [0.3, 0.4) is 0 Å². The van der Waals surface area contributed by atoms with Gasteiger partial charge in [-0.1, -0.05) is 122 Å². The van der Waals surface area contributed by atoms with Crippen molar-refractivity contribution < 1.29 is 32.9 Å². The molecule has 0 aliphatic rings. The minimum atomic E-state index is -4.56. The third-order valence-corrected chi connectivity index (χ3v) is 8.21. The molecule has 0 fully saturated rings. The smallest absolute Gasteiger partial charge is 0.268 e. The first-order valence-electron chi connectivity index (χ1n) is 16.6. The van der Waals surface area contributed by atoms with Gasteiger partial charge in [0.2, 0.25) is 5.91 Å². The molecule has 0 aromatic heterocycles. The molecule has 0 aromatic carbocycles. The first-order valence-corrected chi connectivity index (χ1v) is 18.0. The molecule has 9 heteroatoms. The number of phosphoric ester groups is 1. The van der Waals surface area contributed by atoms with Crippen LogP contribution in [0, 0.1) is 0 Å². The van der Waals surface area contributed by atoms with E-state index in [1.807, 2.05) is 27.2 Å². The molecule has 0 aliphatic carbocycles. The van der Waals surface area contributed by atoms with Crippen molar-refractivity contribution in [2.45, 2.75) is 148 Å². The number of carbonyl (C=O) groups is 1. The van der Waals surface area contributed by atoms with E-state index < -0.39 is 20.0 Å². The van der Waals surface area contributed by atoms with Crippen LogP contribution in [-0.4, -0.2) is 68.5 Å². The molecule has 2 N–H and O–H groups in total. The second-order valence-corrected chi connectivity index (χ2v) is 13.9. The number of carbonyl (C=O) groups excluding carboxylic acids is 1. The lowest BCUT2D eigenvalue weighted by atomic mass is 10.1. The Bertz CT molecular complexity index is 698. The molecule has 3 atom stereocenters. The average Bonchev–Trinajstić information content (AvgIpc) is 2.90. The third-order valence-electron chi connectivity index (χ3n) is 7.25. The van der Waals surface area contributed by atoms with Crippen LogP contribution >= 0.6 is 7.82 Å². The van der Waals surface area contributed by atoms with Crippen LogP contribution in [0.25, 0.3) is 0 Å². The summed E-state index contributed by atoms with van der Waals surface area (Å²) in [4.78, 5) is 24.9. The summed E-state index contributed by atoms with van der Waals surface area (Å²) in [5.41, 5.74) is 0. The van der Waals surface area contributed by atoms with Gasteiger partial charge in [0.1, 0.15) is 13.2 Å². The molecule has 1 amide bonds. The van der Waals surface area contributed by atoms with E-state index in [-0.39, 0.29) is 19.1 Å². The zero-order chi connectivity index (χ0) is 30.8. The molecule has 0 saturated carbocycles. The van der Waals surface area contributed by atoms with Gasteiger partial charge in [-0.25, -0.2) is 0 Å². The number of phosphoric acid groups is 1. The largest absolute Gasteiger partial charge is 0.756 e. The maximum Gasteiger partial charge on any atom is 0.268 e. The number of likely N-dealkylation sites (N-methyl/N-ethyl adjacent to an activating group) is 1. The Morgan fingerprint density at radius 1 is 0.829 bits per heavy atom. The Balaban J connectivity index is 4.65. The van der Waals surface area contributed by atoms with Crippen molar-refractivity contribution in [1.82, 2.24) is 5.32 Å². The molecule has 0 heterocycles. The van der Waals surface area contributed by atoms with Crippen LogP contribution in [0.1, 0.15) is 136 Å². The Morgan fingerprint density at radius 3 is 1.83 bits per heavy atom. The van der Waals surface area contributed by atoms with Gasteiger partial charge in [-0.2, -0.15) is 0 Å². The van der Waals surface area contributed by atoms with Gasteiger partial charge < -0.3 is 28.8 Å². The van der Waals surface area contributed by atoms with Gasteiger partial charge in [-0.3, -0.25) is 9.36 Å². The monoisotopic (exact) mass is 604 g/mol. The number of amides is 1. The van der Waals surface area contributed by atoms with Crippen molar-refractivity contribution in [3.63, 3.8) is 0 Å². The number of hydrogen-bond acceptors (Lipinski definition) is 6. The molecule has 0 saturated heterocycles. The van der Waals surface area contributed by atoms with Crippen LogP contribution in [0.5, 0.6) is 0 Å². The van der Waals surface area contributed by atoms with E-state index >= 15 is 0 Å². The van der Waals surface area contributed by atoms with E-state index in [4.69, 9.17) is 9.05 Å². The van der Waals surface area contributed by atoms with Crippen LogP contribution in [0.4, 0.5) is 0 Å². The van der Waals surface area contributed by atoms with E-state index in [1.54, 1.807) is 6.08 Å². The molecule has 0 spiro atoms. The maximum absolute atomic E-state index is 12.6. The molecule has 0 aliphatic heterocycles. The summed E-state index contributed by atoms with van der Waals surface area (Å²) in [7, 11) is 1.26. The summed E-state index contributed by atoms with van der Waals surface area (Å²) in [6.45, 7) is 4.56. The number of hydrogen-bond donors (Lipinski definition) is 2. The summed E-state index contributed by atoms with van der Waals surface area (Å²) >= 11 is 0. The van der Waals surface area contributed by atoms with E-state index in [2.05, 4.69) is 19.2 Å². The molecule has 244 valence electrons. The number of nitrogens with zero attached hydrogens (tertiary/aromatic N) is 1. The topological polar surface area (TPSA) is 108 Å². The van der Waals surface area contributed by atoms with E-state index in [0.29, 0.717) is 17.4 Å². The van der Waals surface area contributed by atoms with Crippen molar-refractivity contribution in [2.24, 2.45) is 0 Å². The van der Waals surface area contributed by atoms with Crippen LogP contribution in [-0.2, 0) is 18.4 Å². The number of aliphatic hydroxyl groups is 1. The Hall–Kier alpha value is -0.760. The highest BCUT2D eigenvalue weighted by Gasteiger charge is 2.23. The molecule has 0 bridgehead atoms. The lowest BCUT2D eigenvalue weighted by Crippen LogP contribution is -2.45. The van der Waals surface area contributed by atoms with Crippen molar-refractivity contribution in [1.29, 1.82) is 0 Å². The van der Waals surface area contributed by atoms with Gasteiger partial charge in [0, 0.05) is 6.42 Å². The minimum Gasteiger partial charge on any atom is -0.756 e. The average molecular weight is 605 g/mol. The van der Waals surface area contributed by atoms with Gasteiger partial charge in [0.25, 0.3) is 7.82 Å². The Morgan fingerprint density at radius 2 is 1.32 bits per heavy atom. The standard InChI is InChI=1S/C32H65N2O6P/c1-6-8-10-12-14-16-18-19-21-23-25-31(35)30(29-40-41(37,38)39-28-27-34(3,4)5)33-32(36)26-24-22-20-17-15-13-11-9-7-2/h23,25,30-31,35H,6-22,24,26-29H2,1-5H3,(H-,33,36,37,38)/b25-23+. The molecular formula is C32H65N2O6P. The van der Waals surface area contributed by atoms with Gasteiger partial charge in [0.15, 0.2) is 0 Å². The highest BCUT2D eigenvalue weighted by atomic mass is 31.2. The van der Waals surface area contributed by atoms with Crippen molar-refractivity contribution in [2.75, 3.05) is 40.9 Å². The number of rotatable bonds is 29. The highest BCUT2D eigenvalue weighted by Crippen LogP contribution is 2.38. The van der Waals surface area contributed by atoms with Crippen molar-refractivity contribution in [3.05, 3.63) is 12.2 Å². The number of nitrogens with one attached hydrogen (secondary N) is 1. The summed E-state index contributed by atoms with van der Waals surface area (Å²) in [5.74, 6) is -0.205. The number of unbranched alkanes of at least 4 members (excludes halogenated alkanes) is 16. The van der Waals surface area contributed by atoms with E-state index in [0.717, 1.165) is 38.5 Å². The predicted molar refractivity (Wildman–Crippen MR) is 169 cm³/mol. The molecule has 0 rings (SSSR count). The van der Waals surface area contributed by atoms with Gasteiger partial charge >= 0.3 is 0 Å². The molecule has 8 nitrogen and oxygen atoms in total. The predicted octanol–water partition coefficient (Wildman–Crippen LogP) is 7.05. The van der Waals surface area contributed by atoms with Gasteiger partial charge in [-0.15, -0.1) is 0 Å². The van der Waals surface area contributed by atoms with Crippen LogP contribution in [0.15, 0.2) is 12.2 Å². The first kappa shape index (κ1) is 40.2. The fourth-order valence-electron chi connectivity index (χ4n) is 4.50. The van der Waals surface area contributed by atoms with E-state index in [1.165, 1.54) is 77.0 Å². The lowest BCUT2D eigenvalue weighted by Gasteiger charge is -2.29. The first-order chi connectivity index (χ1) is 19.5. The fraction of sp³-hybridized carbons (Fsp3) is 0.906. The SMILES string of the molecule is CCCCCCCCCC/C=C/C(O)C(COP(=O)([O-])OCC[N+](C)(C)C)NC(=O)CCCCCCCCCCC. The van der Waals surface area contributed by atoms with Crippen LogP contribution < -0.4 is 10.2 Å². The molecule has 3 unspecified atom stereocenters. The number of quaternary nitrogens is 1. The molecular weight excluding hydrogens is 539 g/mol. The fourth-order valence-corrected chi connectivity index (χ4v) is 5.22. The van der Waals surface area contributed by atoms with Crippen molar-refractivity contribution >= 4 is 13.7 Å². The maximum atomic E-state index is 12.6.